The fourth-order valence-electron chi connectivity index (χ4n) is 3.38. The predicted molar refractivity (Wildman–Crippen MR) is 94.5 cm³/mol. The van der Waals surface area contributed by atoms with Crippen LogP contribution in [-0.4, -0.2) is 44.7 Å². The Labute approximate surface area is 152 Å². The first kappa shape index (κ1) is 18.1. The highest BCUT2D eigenvalue weighted by Gasteiger charge is 2.42. The second kappa shape index (κ2) is 7.25. The summed E-state index contributed by atoms with van der Waals surface area (Å²) in [5.74, 6) is -3.02. The molecule has 1 saturated heterocycles. The summed E-state index contributed by atoms with van der Waals surface area (Å²) in [6, 6.07) is 0. The zero-order valence-electron chi connectivity index (χ0n) is 13.5. The van der Waals surface area contributed by atoms with E-state index in [1.54, 1.807) is 11.9 Å². The molecule has 2 aliphatic rings. The van der Waals surface area contributed by atoms with Crippen LogP contribution in [0.15, 0.2) is 3.79 Å². The average molecular weight is 423 g/mol. The van der Waals surface area contributed by atoms with Crippen molar-refractivity contribution in [2.75, 3.05) is 31.6 Å². The van der Waals surface area contributed by atoms with Gasteiger partial charge in [0.15, 0.2) is 0 Å². The first-order chi connectivity index (χ1) is 11.4. The monoisotopic (exact) mass is 422 g/mol. The number of fused-ring (bicyclic) bond motifs is 1. The summed E-state index contributed by atoms with van der Waals surface area (Å²) in [7, 11) is 1.56. The Bertz CT molecular complexity index is 617. The van der Waals surface area contributed by atoms with Gasteiger partial charge in [0.25, 0.3) is 11.8 Å². The van der Waals surface area contributed by atoms with Crippen LogP contribution in [0.3, 0.4) is 0 Å². The molecule has 1 amide bonds. The van der Waals surface area contributed by atoms with Gasteiger partial charge in [0, 0.05) is 32.2 Å². The van der Waals surface area contributed by atoms with Crippen molar-refractivity contribution in [2.24, 2.45) is 0 Å². The Morgan fingerprint density at radius 2 is 2.29 bits per heavy atom. The van der Waals surface area contributed by atoms with Crippen molar-refractivity contribution >= 4 is 38.9 Å². The number of alkyl halides is 2. The van der Waals surface area contributed by atoms with E-state index in [2.05, 4.69) is 21.2 Å². The molecule has 134 valence electrons. The minimum absolute atomic E-state index is 0.128. The summed E-state index contributed by atoms with van der Waals surface area (Å²) in [4.78, 5) is 14.3. The van der Waals surface area contributed by atoms with Crippen LogP contribution in [0.25, 0.3) is 0 Å². The number of thiophene rings is 1. The second-order valence-corrected chi connectivity index (χ2v) is 8.68. The molecule has 0 spiro atoms. The lowest BCUT2D eigenvalue weighted by Crippen LogP contribution is -2.44. The molecule has 8 heteroatoms. The molecule has 2 aliphatic heterocycles. The number of amides is 1. The number of anilines is 1. The number of halogens is 3. The van der Waals surface area contributed by atoms with E-state index in [9.17, 15) is 13.6 Å². The summed E-state index contributed by atoms with van der Waals surface area (Å²) in [5.41, 5.74) is 1.20. The number of rotatable bonds is 4. The predicted octanol–water partition coefficient (Wildman–Crippen LogP) is 3.83. The highest BCUT2D eigenvalue weighted by atomic mass is 79.9. The number of nitrogens with zero attached hydrogens (tertiary/aromatic N) is 1. The van der Waals surface area contributed by atoms with E-state index in [0.717, 1.165) is 25.9 Å². The van der Waals surface area contributed by atoms with Gasteiger partial charge in [0.05, 0.1) is 22.1 Å². The normalized spacial score (nSPS) is 23.0. The van der Waals surface area contributed by atoms with Crippen molar-refractivity contribution in [1.82, 2.24) is 5.32 Å². The molecule has 24 heavy (non-hydrogen) atoms. The Balaban J connectivity index is 1.85. The summed E-state index contributed by atoms with van der Waals surface area (Å²) < 4.78 is 34.7. The third-order valence-electron chi connectivity index (χ3n) is 4.53. The summed E-state index contributed by atoms with van der Waals surface area (Å²) >= 11 is 4.59. The first-order valence-corrected chi connectivity index (χ1v) is 9.80. The molecular weight excluding hydrogens is 402 g/mol. The van der Waals surface area contributed by atoms with Crippen molar-refractivity contribution in [1.29, 1.82) is 0 Å². The third-order valence-corrected chi connectivity index (χ3v) is 6.50. The van der Waals surface area contributed by atoms with Gasteiger partial charge in [0.2, 0.25) is 0 Å². The fourth-order valence-corrected chi connectivity index (χ4v) is 5.21. The lowest BCUT2D eigenvalue weighted by Gasteiger charge is -2.36. The fraction of sp³-hybridized carbons (Fsp3) is 0.688. The van der Waals surface area contributed by atoms with E-state index < -0.39 is 5.92 Å². The van der Waals surface area contributed by atoms with Gasteiger partial charge in [0.1, 0.15) is 4.88 Å². The van der Waals surface area contributed by atoms with E-state index >= 15 is 0 Å². The Morgan fingerprint density at radius 3 is 2.96 bits per heavy atom. The van der Waals surface area contributed by atoms with Crippen LogP contribution >= 0.6 is 27.3 Å². The summed E-state index contributed by atoms with van der Waals surface area (Å²) in [6.07, 6.45) is 3.68. The minimum atomic E-state index is -2.79. The third kappa shape index (κ3) is 3.75. The van der Waals surface area contributed by atoms with Gasteiger partial charge < -0.3 is 15.0 Å². The Morgan fingerprint density at radius 1 is 1.50 bits per heavy atom. The van der Waals surface area contributed by atoms with Gasteiger partial charge in [-0.2, -0.15) is 0 Å². The standard InChI is InChI=1S/C16H21BrF2N2O2S/c1-20-15(22)13-12-11(14(17)24-13)8-16(18,19)9-21(12)6-5-10-4-2-3-7-23-10/h10H,2-9H2,1H3,(H,20,22). The van der Waals surface area contributed by atoms with Crippen molar-refractivity contribution in [3.63, 3.8) is 0 Å². The van der Waals surface area contributed by atoms with E-state index in [-0.39, 0.29) is 25.0 Å². The van der Waals surface area contributed by atoms with Crippen LogP contribution in [0, 0.1) is 0 Å². The zero-order chi connectivity index (χ0) is 17.3. The SMILES string of the molecule is CNC(=O)c1sc(Br)c2c1N(CCC1CCCCO1)CC(F)(F)C2. The Kier molecular flexibility index (Phi) is 5.46. The highest BCUT2D eigenvalue weighted by Crippen LogP contribution is 2.46. The smallest absolute Gasteiger partial charge is 0.269 e. The topological polar surface area (TPSA) is 41.6 Å². The van der Waals surface area contributed by atoms with E-state index in [0.29, 0.717) is 32.9 Å². The molecule has 1 atom stereocenters. The second-order valence-electron chi connectivity index (χ2n) is 6.34. The van der Waals surface area contributed by atoms with Gasteiger partial charge in [-0.1, -0.05) is 0 Å². The van der Waals surface area contributed by atoms with Crippen LogP contribution in [0.4, 0.5) is 14.5 Å². The molecule has 0 saturated carbocycles. The number of ether oxygens (including phenoxy) is 1. The molecular formula is C16H21BrF2N2O2S. The molecule has 1 aromatic rings. The first-order valence-electron chi connectivity index (χ1n) is 8.19. The maximum Gasteiger partial charge on any atom is 0.269 e. The number of carbonyl (C=O) groups is 1. The number of carbonyl (C=O) groups excluding carboxylic acids is 1. The summed E-state index contributed by atoms with van der Waals surface area (Å²) in [6.45, 7) is 0.875. The number of hydrogen-bond acceptors (Lipinski definition) is 4. The van der Waals surface area contributed by atoms with Crippen LogP contribution in [0.1, 0.15) is 40.9 Å². The van der Waals surface area contributed by atoms with Gasteiger partial charge >= 0.3 is 0 Å². The molecule has 1 aromatic heterocycles. The molecule has 0 aromatic carbocycles. The molecule has 0 bridgehead atoms. The van der Waals surface area contributed by atoms with E-state index in [1.165, 1.54) is 11.3 Å². The number of hydrogen-bond donors (Lipinski definition) is 1. The maximum absolute atomic E-state index is 14.2. The summed E-state index contributed by atoms with van der Waals surface area (Å²) in [5, 5.41) is 2.60. The highest BCUT2D eigenvalue weighted by molar-refractivity contribution is 9.11. The Hall–Kier alpha value is -0.730. The van der Waals surface area contributed by atoms with Crippen LogP contribution in [0.5, 0.6) is 0 Å². The molecule has 3 heterocycles. The van der Waals surface area contributed by atoms with Crippen molar-refractivity contribution in [2.45, 2.75) is 44.1 Å². The average Bonchev–Trinajstić information content (AvgIpc) is 2.88. The lowest BCUT2D eigenvalue weighted by atomic mass is 10.00. The molecule has 0 radical (unpaired) electrons. The van der Waals surface area contributed by atoms with Crippen molar-refractivity contribution < 1.29 is 18.3 Å². The lowest BCUT2D eigenvalue weighted by molar-refractivity contribution is -0.00113. The molecule has 1 fully saturated rings. The molecule has 0 aliphatic carbocycles. The quantitative estimate of drug-likeness (QED) is 0.801. The molecule has 3 rings (SSSR count). The largest absolute Gasteiger partial charge is 0.378 e. The van der Waals surface area contributed by atoms with Gasteiger partial charge in [-0.15, -0.1) is 11.3 Å². The molecule has 4 nitrogen and oxygen atoms in total. The van der Waals surface area contributed by atoms with E-state index in [1.807, 2.05) is 0 Å². The van der Waals surface area contributed by atoms with Crippen LogP contribution in [-0.2, 0) is 11.2 Å². The van der Waals surface area contributed by atoms with Gasteiger partial charge in [-0.25, -0.2) is 8.78 Å². The van der Waals surface area contributed by atoms with Crippen LogP contribution in [0.2, 0.25) is 0 Å². The molecule has 1 N–H and O–H groups in total. The zero-order valence-corrected chi connectivity index (χ0v) is 15.9. The van der Waals surface area contributed by atoms with E-state index in [4.69, 9.17) is 4.74 Å². The van der Waals surface area contributed by atoms with Crippen molar-refractivity contribution in [3.05, 3.63) is 14.2 Å². The van der Waals surface area contributed by atoms with Crippen LogP contribution < -0.4 is 10.2 Å². The maximum atomic E-state index is 14.2. The van der Waals surface area contributed by atoms with Gasteiger partial charge in [-0.05, 0) is 41.6 Å². The number of nitrogens with one attached hydrogen (secondary N) is 1. The minimum Gasteiger partial charge on any atom is -0.378 e. The van der Waals surface area contributed by atoms with Crippen molar-refractivity contribution in [3.8, 4) is 0 Å². The molecule has 1 unspecified atom stereocenters. The van der Waals surface area contributed by atoms with Gasteiger partial charge in [-0.3, -0.25) is 4.79 Å².